The molecule has 0 aliphatic heterocycles. The molecule has 18 heavy (non-hydrogen) atoms. The van der Waals surface area contributed by atoms with E-state index in [1.165, 1.54) is 11.3 Å². The molecule has 1 unspecified atom stereocenters. The second-order valence-corrected chi connectivity index (χ2v) is 5.64. The number of aromatic nitrogens is 2. The van der Waals surface area contributed by atoms with Gasteiger partial charge >= 0.3 is 0 Å². The smallest absolute Gasteiger partial charge is 0.207 e. The number of anilines is 2. The van der Waals surface area contributed by atoms with Gasteiger partial charge in [-0.05, 0) is 24.1 Å². The van der Waals surface area contributed by atoms with Crippen LogP contribution in [0, 0.1) is 0 Å². The van der Waals surface area contributed by atoms with E-state index < -0.39 is 11.0 Å². The highest BCUT2D eigenvalue weighted by atomic mass is 32.2. The quantitative estimate of drug-likeness (QED) is 0.751. The van der Waals surface area contributed by atoms with Gasteiger partial charge in [0, 0.05) is 6.54 Å². The molecule has 0 saturated heterocycles. The highest BCUT2D eigenvalue weighted by Gasteiger charge is 2.01. The van der Waals surface area contributed by atoms with Gasteiger partial charge < -0.3 is 11.1 Å². The van der Waals surface area contributed by atoms with Crippen LogP contribution in [-0.4, -0.2) is 21.0 Å². The van der Waals surface area contributed by atoms with Gasteiger partial charge in [-0.1, -0.05) is 23.5 Å². The van der Waals surface area contributed by atoms with Crippen molar-refractivity contribution < 1.29 is 4.21 Å². The van der Waals surface area contributed by atoms with Crippen molar-refractivity contribution in [3.8, 4) is 0 Å². The van der Waals surface area contributed by atoms with Gasteiger partial charge in [0.05, 0.1) is 4.90 Å². The first-order valence-corrected chi connectivity index (χ1v) is 7.26. The van der Waals surface area contributed by atoms with Crippen LogP contribution in [0.2, 0.25) is 0 Å². The topological polar surface area (TPSA) is 107 Å². The van der Waals surface area contributed by atoms with Gasteiger partial charge in [-0.25, -0.2) is 9.35 Å². The molecule has 5 N–H and O–H groups in total. The zero-order valence-electron chi connectivity index (χ0n) is 9.50. The van der Waals surface area contributed by atoms with Crippen LogP contribution >= 0.6 is 11.3 Å². The molecular formula is C10H13N5OS2. The minimum absolute atomic E-state index is 0.451. The summed E-state index contributed by atoms with van der Waals surface area (Å²) in [5.41, 5.74) is 6.60. The van der Waals surface area contributed by atoms with Crippen molar-refractivity contribution in [1.82, 2.24) is 10.2 Å². The molecule has 2 rings (SSSR count). The number of nitrogens with one attached hydrogen (secondary N) is 1. The molecule has 1 heterocycles. The molecule has 0 saturated carbocycles. The summed E-state index contributed by atoms with van der Waals surface area (Å²) in [6.45, 7) is 0.736. The van der Waals surface area contributed by atoms with Crippen LogP contribution in [0.4, 0.5) is 10.3 Å². The fourth-order valence-electron chi connectivity index (χ4n) is 1.41. The fraction of sp³-hybridized carbons (Fsp3) is 0.200. The summed E-state index contributed by atoms with van der Waals surface area (Å²) in [7, 11) is -1.42. The lowest BCUT2D eigenvalue weighted by Gasteiger charge is -2.03. The van der Waals surface area contributed by atoms with Crippen molar-refractivity contribution >= 4 is 32.6 Å². The summed E-state index contributed by atoms with van der Waals surface area (Å²) in [5.74, 6) is 0. The molecule has 0 amide bonds. The number of hydrogen-bond acceptors (Lipinski definition) is 6. The standard InChI is InChI=1S/C10H13N5OS2/c11-9-14-15-10(17-9)13-6-5-7-1-3-8(4-2-7)18(12)16/h1-4H,5-6,12H2,(H2,11,14)(H,13,15). The molecule has 1 aromatic carbocycles. The summed E-state index contributed by atoms with van der Waals surface area (Å²) in [6, 6.07) is 7.37. The monoisotopic (exact) mass is 283 g/mol. The lowest BCUT2D eigenvalue weighted by atomic mass is 10.1. The fourth-order valence-corrected chi connectivity index (χ4v) is 2.35. The van der Waals surface area contributed by atoms with E-state index in [-0.39, 0.29) is 0 Å². The number of benzene rings is 1. The number of hydrogen-bond donors (Lipinski definition) is 3. The number of rotatable bonds is 5. The van der Waals surface area contributed by atoms with Crippen LogP contribution in [0.25, 0.3) is 0 Å². The van der Waals surface area contributed by atoms with Crippen molar-refractivity contribution in [3.63, 3.8) is 0 Å². The predicted octanol–water partition coefficient (Wildman–Crippen LogP) is 0.756. The summed E-state index contributed by atoms with van der Waals surface area (Å²) < 4.78 is 11.0. The molecule has 0 spiro atoms. The van der Waals surface area contributed by atoms with E-state index in [4.69, 9.17) is 10.9 Å². The molecule has 2 aromatic rings. The van der Waals surface area contributed by atoms with Crippen molar-refractivity contribution in [2.75, 3.05) is 17.6 Å². The van der Waals surface area contributed by atoms with Gasteiger partial charge in [-0.15, -0.1) is 10.2 Å². The molecule has 0 fully saturated rings. The Kier molecular flexibility index (Phi) is 4.24. The number of nitrogens with zero attached hydrogens (tertiary/aromatic N) is 2. The van der Waals surface area contributed by atoms with E-state index in [2.05, 4.69) is 15.5 Å². The molecule has 0 radical (unpaired) electrons. The maximum Gasteiger partial charge on any atom is 0.207 e. The van der Waals surface area contributed by atoms with Crippen LogP contribution in [-0.2, 0) is 17.4 Å². The molecule has 96 valence electrons. The SMILES string of the molecule is Nc1nnc(NCCc2ccc(S(N)=O)cc2)s1. The van der Waals surface area contributed by atoms with E-state index in [0.717, 1.165) is 18.5 Å². The van der Waals surface area contributed by atoms with Crippen molar-refractivity contribution in [2.24, 2.45) is 5.14 Å². The Balaban J connectivity index is 1.85. The minimum Gasteiger partial charge on any atom is -0.374 e. The lowest BCUT2D eigenvalue weighted by molar-refractivity contribution is 0.684. The zero-order chi connectivity index (χ0) is 13.0. The van der Waals surface area contributed by atoms with Gasteiger partial charge in [0.25, 0.3) is 0 Å². The van der Waals surface area contributed by atoms with E-state index >= 15 is 0 Å². The first kappa shape index (κ1) is 12.9. The van der Waals surface area contributed by atoms with E-state index in [0.29, 0.717) is 15.2 Å². The molecule has 8 heteroatoms. The Bertz CT molecular complexity index is 539. The Morgan fingerprint density at radius 3 is 2.56 bits per heavy atom. The largest absolute Gasteiger partial charge is 0.374 e. The summed E-state index contributed by atoms with van der Waals surface area (Å²) in [4.78, 5) is 0.628. The minimum atomic E-state index is -1.42. The van der Waals surface area contributed by atoms with Crippen LogP contribution in [0.5, 0.6) is 0 Å². The Morgan fingerprint density at radius 1 is 1.28 bits per heavy atom. The first-order valence-electron chi connectivity index (χ1n) is 5.23. The third-order valence-corrected chi connectivity index (χ3v) is 3.73. The number of nitrogen functional groups attached to an aromatic ring is 1. The third kappa shape index (κ3) is 3.49. The van der Waals surface area contributed by atoms with Crippen molar-refractivity contribution in [2.45, 2.75) is 11.3 Å². The average Bonchev–Trinajstić information content (AvgIpc) is 2.76. The van der Waals surface area contributed by atoms with E-state index in [9.17, 15) is 4.21 Å². The first-order chi connectivity index (χ1) is 8.65. The molecule has 0 bridgehead atoms. The second kappa shape index (κ2) is 5.89. The van der Waals surface area contributed by atoms with Gasteiger partial charge in [0.2, 0.25) is 10.3 Å². The summed E-state index contributed by atoms with van der Waals surface area (Å²) >= 11 is 1.32. The Hall–Kier alpha value is -1.51. The molecule has 1 aromatic heterocycles. The van der Waals surface area contributed by atoms with Crippen LogP contribution in [0.3, 0.4) is 0 Å². The highest BCUT2D eigenvalue weighted by molar-refractivity contribution is 7.82. The summed E-state index contributed by atoms with van der Waals surface area (Å²) in [5, 5.41) is 17.1. The molecule has 0 aliphatic carbocycles. The van der Waals surface area contributed by atoms with E-state index in [1.807, 2.05) is 12.1 Å². The Morgan fingerprint density at radius 2 is 2.00 bits per heavy atom. The van der Waals surface area contributed by atoms with E-state index in [1.54, 1.807) is 12.1 Å². The zero-order valence-corrected chi connectivity index (χ0v) is 11.1. The predicted molar refractivity (Wildman–Crippen MR) is 73.6 cm³/mol. The maximum atomic E-state index is 11.0. The Labute approximate surface area is 111 Å². The van der Waals surface area contributed by atoms with Crippen LogP contribution < -0.4 is 16.2 Å². The van der Waals surface area contributed by atoms with Gasteiger partial charge in [0.1, 0.15) is 11.0 Å². The van der Waals surface area contributed by atoms with Crippen LogP contribution in [0.15, 0.2) is 29.2 Å². The normalized spacial score (nSPS) is 12.3. The molecule has 0 aliphatic rings. The molecular weight excluding hydrogens is 270 g/mol. The second-order valence-electron chi connectivity index (χ2n) is 3.56. The third-order valence-electron chi connectivity index (χ3n) is 2.29. The molecule has 6 nitrogen and oxygen atoms in total. The van der Waals surface area contributed by atoms with Crippen molar-refractivity contribution in [3.05, 3.63) is 29.8 Å². The van der Waals surface area contributed by atoms with Crippen LogP contribution in [0.1, 0.15) is 5.56 Å². The average molecular weight is 283 g/mol. The number of nitrogens with two attached hydrogens (primary N) is 2. The van der Waals surface area contributed by atoms with Gasteiger partial charge in [-0.3, -0.25) is 0 Å². The van der Waals surface area contributed by atoms with Gasteiger partial charge in [-0.2, -0.15) is 0 Å². The maximum absolute atomic E-state index is 11.0. The van der Waals surface area contributed by atoms with Gasteiger partial charge in [0.15, 0.2) is 0 Å². The molecule has 1 atom stereocenters. The lowest BCUT2D eigenvalue weighted by Crippen LogP contribution is -2.05. The summed E-state index contributed by atoms with van der Waals surface area (Å²) in [6.07, 6.45) is 0.830. The highest BCUT2D eigenvalue weighted by Crippen LogP contribution is 2.16. The van der Waals surface area contributed by atoms with Crippen molar-refractivity contribution in [1.29, 1.82) is 0 Å².